The zero-order valence-corrected chi connectivity index (χ0v) is 22.1. The lowest BCUT2D eigenvalue weighted by atomic mass is 10.0. The number of furan rings is 1. The summed E-state index contributed by atoms with van der Waals surface area (Å²) in [6.07, 6.45) is 2.06. The van der Waals surface area contributed by atoms with Gasteiger partial charge in [-0.05, 0) is 60.7 Å². The summed E-state index contributed by atoms with van der Waals surface area (Å²) in [5.41, 5.74) is 2.88. The number of carbonyl (C=O) groups is 2. The molecule has 4 aromatic rings. The number of thiocarbonyl (C=S) groups is 1. The van der Waals surface area contributed by atoms with Gasteiger partial charge in [0.1, 0.15) is 23.3 Å². The first-order chi connectivity index (χ1) is 18.9. The Hall–Kier alpha value is -4.70. The fourth-order valence-electron chi connectivity index (χ4n) is 4.57. The van der Waals surface area contributed by atoms with Crippen LogP contribution in [-0.4, -0.2) is 34.2 Å². The molecule has 1 saturated heterocycles. The van der Waals surface area contributed by atoms with Crippen LogP contribution >= 0.6 is 12.2 Å². The van der Waals surface area contributed by atoms with Crippen molar-refractivity contribution in [1.29, 1.82) is 0 Å². The summed E-state index contributed by atoms with van der Waals surface area (Å²) >= 11 is 5.79. The van der Waals surface area contributed by atoms with Crippen molar-refractivity contribution in [2.75, 3.05) is 17.3 Å². The highest BCUT2D eigenvalue weighted by atomic mass is 32.1. The number of anilines is 2. The molecule has 5 rings (SSSR count). The Labute approximate surface area is 230 Å². The predicted molar refractivity (Wildman–Crippen MR) is 151 cm³/mol. The summed E-state index contributed by atoms with van der Waals surface area (Å²) in [4.78, 5) is 30.0. The lowest BCUT2D eigenvalue weighted by Gasteiger charge is -2.27. The Morgan fingerprint density at radius 1 is 1.13 bits per heavy atom. The highest BCUT2D eigenvalue weighted by Gasteiger charge is 2.42. The van der Waals surface area contributed by atoms with E-state index >= 15 is 0 Å². The van der Waals surface area contributed by atoms with Crippen LogP contribution in [0.25, 0.3) is 11.3 Å². The number of rotatable bonds is 8. The zero-order chi connectivity index (χ0) is 27.5. The Morgan fingerprint density at radius 2 is 1.97 bits per heavy atom. The topological polar surface area (TPSA) is 117 Å². The zero-order valence-electron chi connectivity index (χ0n) is 21.3. The SMILES string of the molecule is CCC(=O)Nc1ccc(N2C(=S)N[C@H](c3ccccn3)[C@H]2c2ccc(-c3cccc(C(=O)O)c3)o2)cc1OC. The molecule has 1 aliphatic rings. The van der Waals surface area contributed by atoms with Crippen LogP contribution < -0.4 is 20.3 Å². The van der Waals surface area contributed by atoms with Crippen molar-refractivity contribution in [3.8, 4) is 17.1 Å². The van der Waals surface area contributed by atoms with Crippen LogP contribution in [0, 0.1) is 0 Å². The second-order valence-electron chi connectivity index (χ2n) is 8.87. The molecule has 10 heteroatoms. The lowest BCUT2D eigenvalue weighted by molar-refractivity contribution is -0.115. The number of ether oxygens (including phenoxy) is 1. The second kappa shape index (κ2) is 11.0. The molecule has 2 atom stereocenters. The molecule has 198 valence electrons. The molecular formula is C29H26N4O5S. The monoisotopic (exact) mass is 542 g/mol. The molecular weight excluding hydrogens is 516 g/mol. The minimum absolute atomic E-state index is 0.123. The van der Waals surface area contributed by atoms with Gasteiger partial charge >= 0.3 is 5.97 Å². The van der Waals surface area contributed by atoms with Gasteiger partial charge in [0.2, 0.25) is 5.91 Å². The highest BCUT2D eigenvalue weighted by Crippen LogP contribution is 2.44. The Bertz CT molecular complexity index is 1540. The van der Waals surface area contributed by atoms with Crippen molar-refractivity contribution in [3.63, 3.8) is 0 Å². The van der Waals surface area contributed by atoms with Crippen LogP contribution in [0.15, 0.2) is 83.4 Å². The standard InChI is InChI=1S/C29H26N4O5S/c1-3-25(34)31-20-11-10-19(16-24(20)37-2)33-27(26(32-29(33)39)21-9-4-5-14-30-21)23-13-12-22(38-23)17-7-6-8-18(15-17)28(35)36/h4-16,26-27H,3H2,1-2H3,(H,31,34)(H,32,39)(H,35,36)/t26-,27-/m1/s1. The molecule has 2 aromatic carbocycles. The minimum atomic E-state index is -1.01. The molecule has 1 fully saturated rings. The molecule has 0 radical (unpaired) electrons. The Balaban J connectivity index is 1.57. The van der Waals surface area contributed by atoms with Gasteiger partial charge in [0.05, 0.1) is 30.1 Å². The van der Waals surface area contributed by atoms with Gasteiger partial charge in [0, 0.05) is 29.9 Å². The number of aromatic nitrogens is 1. The van der Waals surface area contributed by atoms with Gasteiger partial charge in [0.25, 0.3) is 0 Å². The first kappa shape index (κ1) is 25.9. The fraction of sp³-hybridized carbons (Fsp3) is 0.172. The van der Waals surface area contributed by atoms with Gasteiger partial charge < -0.3 is 29.8 Å². The molecule has 0 saturated carbocycles. The van der Waals surface area contributed by atoms with Crippen molar-refractivity contribution in [2.24, 2.45) is 0 Å². The number of carboxylic acids is 1. The molecule has 0 unspecified atom stereocenters. The average Bonchev–Trinajstić information content (AvgIpc) is 3.58. The summed E-state index contributed by atoms with van der Waals surface area (Å²) in [5, 5.41) is 16.1. The number of carbonyl (C=O) groups excluding carboxylic acids is 1. The number of nitrogens with one attached hydrogen (secondary N) is 2. The van der Waals surface area contributed by atoms with E-state index in [2.05, 4.69) is 15.6 Å². The minimum Gasteiger partial charge on any atom is -0.494 e. The molecule has 3 N–H and O–H groups in total. The van der Waals surface area contributed by atoms with E-state index in [0.717, 1.165) is 11.4 Å². The van der Waals surface area contributed by atoms with Gasteiger partial charge in [-0.1, -0.05) is 25.1 Å². The lowest BCUT2D eigenvalue weighted by Crippen LogP contribution is -2.29. The van der Waals surface area contributed by atoms with Crippen molar-refractivity contribution < 1.29 is 23.8 Å². The Morgan fingerprint density at radius 3 is 2.69 bits per heavy atom. The van der Waals surface area contributed by atoms with E-state index in [1.54, 1.807) is 44.5 Å². The molecule has 2 aromatic heterocycles. The molecule has 3 heterocycles. The van der Waals surface area contributed by atoms with E-state index in [0.29, 0.717) is 40.1 Å². The van der Waals surface area contributed by atoms with E-state index < -0.39 is 12.0 Å². The molecule has 0 aliphatic carbocycles. The number of pyridine rings is 1. The summed E-state index contributed by atoms with van der Waals surface area (Å²) < 4.78 is 11.9. The summed E-state index contributed by atoms with van der Waals surface area (Å²) in [6.45, 7) is 1.78. The number of methoxy groups -OCH3 is 1. The Kier molecular flexibility index (Phi) is 7.29. The number of carboxylic acid groups (broad SMARTS) is 1. The maximum Gasteiger partial charge on any atom is 0.335 e. The van der Waals surface area contributed by atoms with E-state index in [-0.39, 0.29) is 17.5 Å². The van der Waals surface area contributed by atoms with Crippen LogP contribution in [0.2, 0.25) is 0 Å². The number of aromatic carboxylic acids is 1. The van der Waals surface area contributed by atoms with Gasteiger partial charge in [-0.3, -0.25) is 9.78 Å². The summed E-state index contributed by atoms with van der Waals surface area (Å²) in [6, 6.07) is 20.6. The third-order valence-electron chi connectivity index (χ3n) is 6.47. The van der Waals surface area contributed by atoms with Gasteiger partial charge in [0.15, 0.2) is 5.11 Å². The fourth-order valence-corrected chi connectivity index (χ4v) is 4.91. The van der Waals surface area contributed by atoms with Gasteiger partial charge in [-0.2, -0.15) is 0 Å². The first-order valence-corrected chi connectivity index (χ1v) is 12.7. The quantitative estimate of drug-likeness (QED) is 0.246. The van der Waals surface area contributed by atoms with E-state index in [9.17, 15) is 14.7 Å². The third-order valence-corrected chi connectivity index (χ3v) is 6.78. The highest BCUT2D eigenvalue weighted by molar-refractivity contribution is 7.80. The first-order valence-electron chi connectivity index (χ1n) is 12.3. The number of benzene rings is 2. The molecule has 0 bridgehead atoms. The van der Waals surface area contributed by atoms with E-state index in [1.165, 1.54) is 6.07 Å². The van der Waals surface area contributed by atoms with Gasteiger partial charge in [-0.25, -0.2) is 4.79 Å². The normalized spacial score (nSPS) is 16.6. The van der Waals surface area contributed by atoms with E-state index in [1.807, 2.05) is 47.4 Å². The van der Waals surface area contributed by atoms with Crippen LogP contribution in [0.1, 0.15) is 47.2 Å². The van der Waals surface area contributed by atoms with Gasteiger partial charge in [-0.15, -0.1) is 0 Å². The maximum atomic E-state index is 12.0. The van der Waals surface area contributed by atoms with Crippen LogP contribution in [0.5, 0.6) is 5.75 Å². The van der Waals surface area contributed by atoms with Crippen LogP contribution in [0.3, 0.4) is 0 Å². The second-order valence-corrected chi connectivity index (χ2v) is 9.26. The van der Waals surface area contributed by atoms with Crippen molar-refractivity contribution in [1.82, 2.24) is 10.3 Å². The average molecular weight is 543 g/mol. The smallest absolute Gasteiger partial charge is 0.335 e. The molecule has 0 spiro atoms. The van der Waals surface area contributed by atoms with Crippen molar-refractivity contribution in [3.05, 3.63) is 96.0 Å². The largest absolute Gasteiger partial charge is 0.494 e. The number of hydrogen-bond donors (Lipinski definition) is 3. The predicted octanol–water partition coefficient (Wildman–Crippen LogP) is 5.57. The van der Waals surface area contributed by atoms with E-state index in [4.69, 9.17) is 21.4 Å². The summed E-state index contributed by atoms with van der Waals surface area (Å²) in [7, 11) is 1.54. The molecule has 9 nitrogen and oxygen atoms in total. The molecule has 1 amide bonds. The molecule has 39 heavy (non-hydrogen) atoms. The van der Waals surface area contributed by atoms with Crippen LogP contribution in [-0.2, 0) is 4.79 Å². The number of amides is 1. The maximum absolute atomic E-state index is 12.0. The van der Waals surface area contributed by atoms with Crippen molar-refractivity contribution in [2.45, 2.75) is 25.4 Å². The molecule has 1 aliphatic heterocycles. The third kappa shape index (κ3) is 5.19. The number of hydrogen-bond acceptors (Lipinski definition) is 6. The summed E-state index contributed by atoms with van der Waals surface area (Å²) in [5.74, 6) is 0.491. The van der Waals surface area contributed by atoms with Crippen LogP contribution in [0.4, 0.5) is 11.4 Å². The number of nitrogens with zero attached hydrogens (tertiary/aromatic N) is 2. The van der Waals surface area contributed by atoms with Crippen molar-refractivity contribution >= 4 is 40.6 Å².